The van der Waals surface area contributed by atoms with Gasteiger partial charge in [0.05, 0.1) is 23.5 Å². The van der Waals surface area contributed by atoms with Gasteiger partial charge in [0.15, 0.2) is 0 Å². The molecular formula is C34H42N6O5. The lowest BCUT2D eigenvalue weighted by Gasteiger charge is -2.27. The molecule has 11 nitrogen and oxygen atoms in total. The number of nitrogens with one attached hydrogen (secondary N) is 4. The lowest BCUT2D eigenvalue weighted by molar-refractivity contribution is -0.129. The first-order valence-corrected chi connectivity index (χ1v) is 15.1. The maximum atomic E-state index is 13.6. The molecular weight excluding hydrogens is 572 g/mol. The third-order valence-corrected chi connectivity index (χ3v) is 7.33. The van der Waals surface area contributed by atoms with Crippen molar-refractivity contribution in [3.05, 3.63) is 89.5 Å². The Balaban J connectivity index is 1.81. The number of benzene rings is 2. The number of amides is 4. The second-order valence-corrected chi connectivity index (χ2v) is 11.5. The van der Waals surface area contributed by atoms with Gasteiger partial charge in [0.2, 0.25) is 11.8 Å². The van der Waals surface area contributed by atoms with Gasteiger partial charge in [0, 0.05) is 12.4 Å². The predicted molar refractivity (Wildman–Crippen MR) is 171 cm³/mol. The van der Waals surface area contributed by atoms with Gasteiger partial charge in [-0.1, -0.05) is 71.0 Å². The fourth-order valence-corrected chi connectivity index (χ4v) is 4.61. The van der Waals surface area contributed by atoms with Gasteiger partial charge in [-0.3, -0.25) is 24.2 Å². The summed E-state index contributed by atoms with van der Waals surface area (Å²) in [5.41, 5.74) is 2.55. The molecule has 0 spiro atoms. The van der Waals surface area contributed by atoms with Crippen LogP contribution in [0.15, 0.2) is 67.1 Å². The van der Waals surface area contributed by atoms with Crippen LogP contribution in [0.3, 0.4) is 0 Å². The molecule has 45 heavy (non-hydrogen) atoms. The van der Waals surface area contributed by atoms with E-state index in [1.165, 1.54) is 18.6 Å². The molecule has 0 radical (unpaired) electrons. The molecule has 4 amide bonds. The lowest BCUT2D eigenvalue weighted by atomic mass is 9.98. The summed E-state index contributed by atoms with van der Waals surface area (Å²) in [6, 6.07) is 12.5. The second-order valence-electron chi connectivity index (χ2n) is 11.5. The van der Waals surface area contributed by atoms with E-state index in [9.17, 15) is 24.0 Å². The Morgan fingerprint density at radius 2 is 1.44 bits per heavy atom. The van der Waals surface area contributed by atoms with Crippen molar-refractivity contribution in [3.63, 3.8) is 0 Å². The molecule has 1 heterocycles. The molecule has 238 valence electrons. The minimum atomic E-state index is -0.987. The molecule has 0 unspecified atom stereocenters. The minimum absolute atomic E-state index is 0.0621. The van der Waals surface area contributed by atoms with E-state index in [1.807, 2.05) is 36.4 Å². The first-order valence-electron chi connectivity index (χ1n) is 15.1. The highest BCUT2D eigenvalue weighted by molar-refractivity contribution is 6.06. The Kier molecular flexibility index (Phi) is 12.9. The van der Waals surface area contributed by atoms with E-state index in [4.69, 9.17) is 0 Å². The molecule has 1 aromatic heterocycles. The Morgan fingerprint density at radius 3 is 2.04 bits per heavy atom. The molecule has 0 aliphatic rings. The average molecular weight is 615 g/mol. The fraction of sp³-hybridized carbons (Fsp3) is 0.382. The SMILES string of the molecule is CC[C@@H](C=O)NC(=O)c1cc(CCc2ccccc2)ccc1NC(=O)[C@@H](NC(=O)[C@@H](NC(=O)c1cnccn1)C(C)C)C(C)C. The van der Waals surface area contributed by atoms with Gasteiger partial charge in [-0.25, -0.2) is 4.98 Å². The summed E-state index contributed by atoms with van der Waals surface area (Å²) in [4.78, 5) is 72.3. The van der Waals surface area contributed by atoms with Gasteiger partial charge in [-0.05, 0) is 54.4 Å². The number of aldehydes is 1. The van der Waals surface area contributed by atoms with Crippen LogP contribution < -0.4 is 21.3 Å². The van der Waals surface area contributed by atoms with Crippen molar-refractivity contribution < 1.29 is 24.0 Å². The maximum Gasteiger partial charge on any atom is 0.272 e. The highest BCUT2D eigenvalue weighted by Crippen LogP contribution is 2.21. The summed E-state index contributed by atoms with van der Waals surface area (Å²) >= 11 is 0. The Labute approximate surface area is 264 Å². The van der Waals surface area contributed by atoms with Crippen LogP contribution in [-0.2, 0) is 27.2 Å². The van der Waals surface area contributed by atoms with E-state index in [2.05, 4.69) is 31.2 Å². The molecule has 2 aromatic carbocycles. The van der Waals surface area contributed by atoms with Gasteiger partial charge in [-0.15, -0.1) is 0 Å². The number of anilines is 1. The van der Waals surface area contributed by atoms with E-state index in [0.717, 1.165) is 17.5 Å². The quantitative estimate of drug-likeness (QED) is 0.191. The van der Waals surface area contributed by atoms with Crippen LogP contribution in [0, 0.1) is 11.8 Å². The molecule has 11 heteroatoms. The summed E-state index contributed by atoms with van der Waals surface area (Å²) in [6.07, 6.45) is 6.62. The average Bonchev–Trinajstić information content (AvgIpc) is 3.04. The predicted octanol–water partition coefficient (Wildman–Crippen LogP) is 3.50. The standard InChI is InChI=1S/C34H42N6O5/c1-6-25(20-41)37-31(42)26-18-24(13-12-23-10-8-7-9-11-23)14-15-27(26)38-33(44)29(21(2)3)40-34(45)30(22(4)5)39-32(43)28-19-35-16-17-36-28/h7-11,14-22,25,29-30H,6,12-13H2,1-5H3,(H,37,42)(H,38,44)(H,39,43)(H,40,45)/t25-,29-,30-/m0/s1. The third kappa shape index (κ3) is 10.1. The monoisotopic (exact) mass is 614 g/mol. The highest BCUT2D eigenvalue weighted by atomic mass is 16.2. The molecule has 3 atom stereocenters. The number of carbonyl (C=O) groups is 5. The maximum absolute atomic E-state index is 13.6. The first-order chi connectivity index (χ1) is 21.5. The van der Waals surface area contributed by atoms with Crippen LogP contribution in [0.5, 0.6) is 0 Å². The summed E-state index contributed by atoms with van der Waals surface area (Å²) in [6.45, 7) is 8.90. The first kappa shape index (κ1) is 34.6. The normalized spacial score (nSPS) is 13.0. The lowest BCUT2D eigenvalue weighted by Crippen LogP contribution is -2.56. The van der Waals surface area contributed by atoms with Crippen molar-refractivity contribution in [2.45, 2.75) is 72.0 Å². The number of aromatic nitrogens is 2. The second kappa shape index (κ2) is 16.8. The van der Waals surface area contributed by atoms with Crippen LogP contribution in [0.1, 0.15) is 73.0 Å². The molecule has 0 aliphatic carbocycles. The summed E-state index contributed by atoms with van der Waals surface area (Å²) in [5, 5.41) is 11.0. The van der Waals surface area contributed by atoms with Gasteiger partial charge >= 0.3 is 0 Å². The molecule has 3 aromatic rings. The number of nitrogens with zero attached hydrogens (tertiary/aromatic N) is 2. The fourth-order valence-electron chi connectivity index (χ4n) is 4.61. The molecule has 0 bridgehead atoms. The molecule has 0 fully saturated rings. The smallest absolute Gasteiger partial charge is 0.272 e. The zero-order valence-corrected chi connectivity index (χ0v) is 26.4. The summed E-state index contributed by atoms with van der Waals surface area (Å²) < 4.78 is 0. The van der Waals surface area contributed by atoms with Crippen molar-refractivity contribution in [1.29, 1.82) is 0 Å². The topological polar surface area (TPSA) is 159 Å². The Morgan fingerprint density at radius 1 is 0.778 bits per heavy atom. The molecule has 3 rings (SSSR count). The molecule has 0 saturated carbocycles. The summed E-state index contributed by atoms with van der Waals surface area (Å²) in [5.74, 6) is -2.77. The number of hydrogen-bond donors (Lipinski definition) is 4. The Hall–Kier alpha value is -4.93. The van der Waals surface area contributed by atoms with Crippen molar-refractivity contribution in [2.24, 2.45) is 11.8 Å². The van der Waals surface area contributed by atoms with Crippen molar-refractivity contribution >= 4 is 35.6 Å². The number of aryl methyl sites for hydroxylation is 2. The zero-order chi connectivity index (χ0) is 32.9. The molecule has 0 saturated heterocycles. The summed E-state index contributed by atoms with van der Waals surface area (Å²) in [7, 11) is 0. The van der Waals surface area contributed by atoms with Crippen LogP contribution in [0.4, 0.5) is 5.69 Å². The van der Waals surface area contributed by atoms with Crippen LogP contribution in [0.25, 0.3) is 0 Å². The van der Waals surface area contributed by atoms with E-state index >= 15 is 0 Å². The van der Waals surface area contributed by atoms with Crippen LogP contribution >= 0.6 is 0 Å². The largest absolute Gasteiger partial charge is 0.342 e. The van der Waals surface area contributed by atoms with Gasteiger partial charge in [0.25, 0.3) is 11.8 Å². The van der Waals surface area contributed by atoms with Crippen molar-refractivity contribution in [3.8, 4) is 0 Å². The number of carbonyl (C=O) groups excluding carboxylic acids is 5. The number of rotatable bonds is 15. The third-order valence-electron chi connectivity index (χ3n) is 7.33. The zero-order valence-electron chi connectivity index (χ0n) is 26.4. The van der Waals surface area contributed by atoms with Crippen molar-refractivity contribution in [1.82, 2.24) is 25.9 Å². The van der Waals surface area contributed by atoms with Gasteiger partial charge in [0.1, 0.15) is 24.1 Å². The highest BCUT2D eigenvalue weighted by Gasteiger charge is 2.31. The molecule has 4 N–H and O–H groups in total. The van der Waals surface area contributed by atoms with Gasteiger partial charge < -0.3 is 26.1 Å². The van der Waals surface area contributed by atoms with Crippen LogP contribution in [-0.4, -0.2) is 58.0 Å². The Bertz CT molecular complexity index is 1460. The number of hydrogen-bond acceptors (Lipinski definition) is 7. The van der Waals surface area contributed by atoms with E-state index in [0.29, 0.717) is 19.1 Å². The van der Waals surface area contributed by atoms with Crippen molar-refractivity contribution in [2.75, 3.05) is 5.32 Å². The molecule has 0 aliphatic heterocycles. The van der Waals surface area contributed by atoms with E-state index < -0.39 is 41.8 Å². The van der Waals surface area contributed by atoms with Crippen LogP contribution in [0.2, 0.25) is 0 Å². The van der Waals surface area contributed by atoms with Gasteiger partial charge in [-0.2, -0.15) is 0 Å². The van der Waals surface area contributed by atoms with E-state index in [1.54, 1.807) is 46.8 Å². The van der Waals surface area contributed by atoms with E-state index in [-0.39, 0.29) is 28.8 Å². The minimum Gasteiger partial charge on any atom is -0.342 e.